The molecule has 2 heterocycles. The summed E-state index contributed by atoms with van der Waals surface area (Å²) in [4.78, 5) is 28.7. The summed E-state index contributed by atoms with van der Waals surface area (Å²) in [5.74, 6) is 0.188. The van der Waals surface area contributed by atoms with Crippen LogP contribution in [0.5, 0.6) is 5.75 Å². The van der Waals surface area contributed by atoms with Crippen LogP contribution in [0.4, 0.5) is 0 Å². The van der Waals surface area contributed by atoms with Gasteiger partial charge in [-0.2, -0.15) is 0 Å². The Labute approximate surface area is 130 Å². The van der Waals surface area contributed by atoms with Crippen LogP contribution in [-0.4, -0.2) is 18.0 Å². The fourth-order valence-corrected chi connectivity index (χ4v) is 2.81. The molecule has 112 valence electrons. The van der Waals surface area contributed by atoms with Crippen LogP contribution < -0.4 is 15.5 Å². The van der Waals surface area contributed by atoms with E-state index in [2.05, 4.69) is 10.3 Å². The maximum Gasteiger partial charge on any atom is 0.257 e. The highest BCUT2D eigenvalue weighted by atomic mass is 32.1. The Bertz CT molecular complexity index is 869. The number of fused-ring (bicyclic) bond motifs is 1. The van der Waals surface area contributed by atoms with Crippen LogP contribution in [0, 0.1) is 0 Å². The molecule has 1 aromatic carbocycles. The first-order valence-electron chi connectivity index (χ1n) is 6.69. The molecule has 2 aromatic heterocycles. The smallest absolute Gasteiger partial charge is 0.257 e. The van der Waals surface area contributed by atoms with E-state index in [9.17, 15) is 9.59 Å². The Morgan fingerprint density at radius 2 is 2.23 bits per heavy atom. The number of hydrogen-bond acceptors (Lipinski definition) is 4. The van der Waals surface area contributed by atoms with Crippen molar-refractivity contribution in [2.75, 3.05) is 7.11 Å². The zero-order chi connectivity index (χ0) is 15.5. The second-order valence-corrected chi connectivity index (χ2v) is 5.74. The van der Waals surface area contributed by atoms with Crippen LogP contribution in [0.2, 0.25) is 0 Å². The lowest BCUT2D eigenvalue weighted by molar-refractivity contribution is 0.0950. The summed E-state index contributed by atoms with van der Waals surface area (Å²) in [5, 5.41) is 5.13. The third-order valence-corrected chi connectivity index (χ3v) is 4.21. The number of H-pyrrole nitrogens is 1. The van der Waals surface area contributed by atoms with Crippen LogP contribution in [0.15, 0.2) is 46.7 Å². The molecular weight excluding hydrogens is 300 g/mol. The molecule has 22 heavy (non-hydrogen) atoms. The van der Waals surface area contributed by atoms with Gasteiger partial charge >= 0.3 is 0 Å². The predicted molar refractivity (Wildman–Crippen MR) is 86.6 cm³/mol. The molecule has 0 aliphatic heterocycles. The van der Waals surface area contributed by atoms with Crippen LogP contribution in [0.25, 0.3) is 10.9 Å². The Balaban J connectivity index is 1.91. The van der Waals surface area contributed by atoms with Crippen molar-refractivity contribution in [1.82, 2.24) is 10.3 Å². The van der Waals surface area contributed by atoms with Gasteiger partial charge in [0.25, 0.3) is 5.91 Å². The minimum atomic E-state index is -0.389. The first-order chi connectivity index (χ1) is 10.7. The molecule has 0 spiro atoms. The van der Waals surface area contributed by atoms with Gasteiger partial charge in [-0.15, -0.1) is 11.3 Å². The van der Waals surface area contributed by atoms with Crippen LogP contribution in [0.1, 0.15) is 15.2 Å². The lowest BCUT2D eigenvalue weighted by Crippen LogP contribution is -2.28. The number of nitrogens with one attached hydrogen (secondary N) is 2. The number of carbonyl (C=O) groups is 1. The Kier molecular flexibility index (Phi) is 3.93. The summed E-state index contributed by atoms with van der Waals surface area (Å²) < 4.78 is 5.12. The van der Waals surface area contributed by atoms with E-state index in [-0.39, 0.29) is 16.9 Å². The molecule has 3 rings (SSSR count). The molecule has 0 saturated heterocycles. The molecule has 0 radical (unpaired) electrons. The minimum absolute atomic E-state index is 0.0947. The summed E-state index contributed by atoms with van der Waals surface area (Å²) in [6, 6.07) is 8.99. The Hall–Kier alpha value is -2.60. The predicted octanol–water partition coefficient (Wildman–Crippen LogP) is 2.53. The summed E-state index contributed by atoms with van der Waals surface area (Å²) >= 11 is 1.55. The molecule has 1 amide bonds. The molecule has 3 aromatic rings. The van der Waals surface area contributed by atoms with Gasteiger partial charge in [-0.3, -0.25) is 9.59 Å². The van der Waals surface area contributed by atoms with E-state index in [0.717, 1.165) is 4.88 Å². The number of hydrogen-bond donors (Lipinski definition) is 2. The first kappa shape index (κ1) is 14.3. The second kappa shape index (κ2) is 6.03. The highest BCUT2D eigenvalue weighted by Crippen LogP contribution is 2.16. The highest BCUT2D eigenvalue weighted by Gasteiger charge is 2.13. The van der Waals surface area contributed by atoms with E-state index in [1.54, 1.807) is 29.5 Å². The van der Waals surface area contributed by atoms with Gasteiger partial charge in [0.2, 0.25) is 5.43 Å². The van der Waals surface area contributed by atoms with Gasteiger partial charge in [0.05, 0.1) is 13.7 Å². The van der Waals surface area contributed by atoms with Crippen LogP contribution >= 0.6 is 11.3 Å². The topological polar surface area (TPSA) is 71.2 Å². The molecule has 0 atom stereocenters. The van der Waals surface area contributed by atoms with Gasteiger partial charge in [-0.25, -0.2) is 0 Å². The van der Waals surface area contributed by atoms with E-state index in [4.69, 9.17) is 4.74 Å². The number of rotatable bonds is 4. The van der Waals surface area contributed by atoms with Crippen molar-refractivity contribution in [3.63, 3.8) is 0 Å². The van der Waals surface area contributed by atoms with E-state index in [1.807, 2.05) is 17.5 Å². The normalized spacial score (nSPS) is 10.6. The van der Waals surface area contributed by atoms with Crippen LogP contribution in [0.3, 0.4) is 0 Å². The number of amides is 1. The SMILES string of the molecule is COc1ccc2[nH]cc(C(=O)NCc3cccs3)c(=O)c2c1. The first-order valence-corrected chi connectivity index (χ1v) is 7.57. The standard InChI is InChI=1S/C16H14N2O3S/c1-21-10-4-5-14-12(7-10)15(19)13(9-17-14)16(20)18-8-11-3-2-6-22-11/h2-7,9H,8H2,1H3,(H,17,19)(H,18,20). The molecule has 5 nitrogen and oxygen atoms in total. The quantitative estimate of drug-likeness (QED) is 0.777. The number of aromatic amines is 1. The van der Waals surface area contributed by atoms with Gasteiger partial charge in [-0.05, 0) is 29.6 Å². The fraction of sp³-hybridized carbons (Fsp3) is 0.125. The summed E-state index contributed by atoms with van der Waals surface area (Å²) in [6.07, 6.45) is 1.45. The minimum Gasteiger partial charge on any atom is -0.497 e. The number of methoxy groups -OCH3 is 1. The van der Waals surface area contributed by atoms with Crippen molar-refractivity contribution in [3.8, 4) is 5.75 Å². The molecule has 0 unspecified atom stereocenters. The second-order valence-electron chi connectivity index (χ2n) is 4.71. The fourth-order valence-electron chi connectivity index (χ4n) is 2.17. The number of thiophene rings is 1. The molecule has 0 aliphatic rings. The summed E-state index contributed by atoms with van der Waals surface area (Å²) in [7, 11) is 1.53. The Morgan fingerprint density at radius 3 is 2.95 bits per heavy atom. The average molecular weight is 314 g/mol. The van der Waals surface area contributed by atoms with Gasteiger partial charge in [0.15, 0.2) is 0 Å². The van der Waals surface area contributed by atoms with E-state index in [1.165, 1.54) is 13.3 Å². The average Bonchev–Trinajstić information content (AvgIpc) is 3.06. The van der Waals surface area contributed by atoms with Gasteiger partial charge in [0, 0.05) is 22.0 Å². The van der Waals surface area contributed by atoms with Crippen molar-refractivity contribution in [2.24, 2.45) is 0 Å². The largest absolute Gasteiger partial charge is 0.497 e. The zero-order valence-corrected chi connectivity index (χ0v) is 12.7. The number of aromatic nitrogens is 1. The summed E-state index contributed by atoms with van der Waals surface area (Å²) in [5.41, 5.74) is 0.453. The van der Waals surface area contributed by atoms with Gasteiger partial charge < -0.3 is 15.0 Å². The van der Waals surface area contributed by atoms with Crippen molar-refractivity contribution in [1.29, 1.82) is 0 Å². The van der Waals surface area contributed by atoms with Crippen molar-refractivity contribution in [3.05, 3.63) is 62.6 Å². The monoisotopic (exact) mass is 314 g/mol. The number of benzene rings is 1. The molecule has 6 heteroatoms. The van der Waals surface area contributed by atoms with Crippen LogP contribution in [-0.2, 0) is 6.54 Å². The molecular formula is C16H14N2O3S. The lowest BCUT2D eigenvalue weighted by atomic mass is 10.1. The zero-order valence-electron chi connectivity index (χ0n) is 11.9. The Morgan fingerprint density at radius 1 is 1.36 bits per heavy atom. The third kappa shape index (κ3) is 2.73. The van der Waals surface area contributed by atoms with Crippen molar-refractivity contribution in [2.45, 2.75) is 6.54 Å². The molecule has 0 aliphatic carbocycles. The van der Waals surface area contributed by atoms with E-state index >= 15 is 0 Å². The maximum absolute atomic E-state index is 12.5. The lowest BCUT2D eigenvalue weighted by Gasteiger charge is -2.06. The molecule has 0 saturated carbocycles. The maximum atomic E-state index is 12.5. The number of ether oxygens (including phenoxy) is 1. The van der Waals surface area contributed by atoms with E-state index in [0.29, 0.717) is 23.2 Å². The summed E-state index contributed by atoms with van der Waals surface area (Å²) in [6.45, 7) is 0.409. The molecule has 0 fully saturated rings. The van der Waals surface area contributed by atoms with E-state index < -0.39 is 0 Å². The van der Waals surface area contributed by atoms with Crippen molar-refractivity contribution >= 4 is 28.1 Å². The number of pyridine rings is 1. The highest BCUT2D eigenvalue weighted by molar-refractivity contribution is 7.09. The molecule has 2 N–H and O–H groups in total. The van der Waals surface area contributed by atoms with Gasteiger partial charge in [-0.1, -0.05) is 6.07 Å². The van der Waals surface area contributed by atoms with Gasteiger partial charge in [0.1, 0.15) is 11.3 Å². The van der Waals surface area contributed by atoms with Crippen molar-refractivity contribution < 1.29 is 9.53 Å². The third-order valence-electron chi connectivity index (χ3n) is 3.34. The number of carbonyl (C=O) groups excluding carboxylic acids is 1. The molecule has 0 bridgehead atoms.